The maximum Gasteiger partial charge on any atom is 0.252 e. The van der Waals surface area contributed by atoms with Crippen LogP contribution < -0.4 is 26.2 Å². The van der Waals surface area contributed by atoms with Crippen molar-refractivity contribution in [2.75, 3.05) is 9.80 Å². The average molecular weight is 1610 g/mol. The van der Waals surface area contributed by atoms with Crippen LogP contribution in [0, 0.1) is 0 Å². The van der Waals surface area contributed by atoms with Crippen LogP contribution in [0.4, 0.5) is 34.1 Å². The zero-order valence-corrected chi connectivity index (χ0v) is 76.3. The van der Waals surface area contributed by atoms with Crippen molar-refractivity contribution < 1.29 is 0 Å². The molecule has 0 aliphatic carbocycles. The summed E-state index contributed by atoms with van der Waals surface area (Å²) in [7, 11) is 0. The SMILES string of the molecule is CC(C)(C)c1cc(-c2ccc3c(c2)N(c2cc(-c4ccccc4)cc4c2c2ccccc2n4-c2ccccc2)c2cc(-n4c5ccc(C(C)(C)C)cc5c5cc(C(C)(C)C)ccc54)cc4c2B3c2ccc(-n3c5ccc(C(C)(C)C)cc5c5cc(C(C)(C)C)ccc53)cc2N4c2c(-c3ccccc3)cc(C(C)(C)C)cc2-c2ccccc2)cc(C(C)(C)C)c1. The fourth-order valence-electron chi connectivity index (χ4n) is 19.9. The molecule has 2 aliphatic heterocycles. The molecule has 0 atom stereocenters. The third-order valence-corrected chi connectivity index (χ3v) is 27.0. The van der Waals surface area contributed by atoms with E-state index in [0.717, 1.165) is 112 Å². The van der Waals surface area contributed by atoms with Crippen LogP contribution in [-0.2, 0) is 37.9 Å². The van der Waals surface area contributed by atoms with Gasteiger partial charge in [-0.3, -0.25) is 0 Å². The van der Waals surface area contributed by atoms with Gasteiger partial charge in [0, 0.05) is 77.6 Å². The van der Waals surface area contributed by atoms with Crippen LogP contribution in [0.2, 0.25) is 0 Å². The molecule has 5 nitrogen and oxygen atoms in total. The van der Waals surface area contributed by atoms with E-state index < -0.39 is 0 Å². The van der Waals surface area contributed by atoms with E-state index in [-0.39, 0.29) is 44.6 Å². The van der Waals surface area contributed by atoms with Gasteiger partial charge in [0.1, 0.15) is 0 Å². The van der Waals surface area contributed by atoms with Gasteiger partial charge in [0.15, 0.2) is 0 Å². The van der Waals surface area contributed by atoms with Crippen molar-refractivity contribution in [3.05, 3.63) is 348 Å². The monoisotopic (exact) mass is 1610 g/mol. The van der Waals surface area contributed by atoms with Crippen molar-refractivity contribution in [2.45, 2.75) is 183 Å². The van der Waals surface area contributed by atoms with E-state index in [4.69, 9.17) is 0 Å². The van der Waals surface area contributed by atoms with Crippen LogP contribution in [0.25, 0.3) is 127 Å². The minimum absolute atomic E-state index is 0.0860. The Hall–Kier alpha value is -12.6. The molecule has 15 aromatic carbocycles. The van der Waals surface area contributed by atoms with Crippen molar-refractivity contribution >= 4 is 123 Å². The van der Waals surface area contributed by atoms with E-state index in [1.807, 2.05) is 0 Å². The highest BCUT2D eigenvalue weighted by atomic mass is 15.2. The van der Waals surface area contributed by atoms with Gasteiger partial charge in [0.05, 0.1) is 50.2 Å². The Balaban J connectivity index is 1.02. The molecule has 3 aromatic heterocycles. The zero-order valence-electron chi connectivity index (χ0n) is 76.3. The first kappa shape index (κ1) is 79.8. The third-order valence-electron chi connectivity index (χ3n) is 27.0. The second-order valence-corrected chi connectivity index (χ2v) is 42.8. The Morgan fingerprint density at radius 3 is 1.02 bits per heavy atom. The molecule has 20 rings (SSSR count). The summed E-state index contributed by atoms with van der Waals surface area (Å²) >= 11 is 0. The number of para-hydroxylation sites is 2. The normalized spacial score (nSPS) is 13.5. The average Bonchev–Trinajstić information content (AvgIpc) is 0.989. The molecule has 18 aromatic rings. The summed E-state index contributed by atoms with van der Waals surface area (Å²) in [5, 5.41) is 7.33. The van der Waals surface area contributed by atoms with Crippen LogP contribution in [0.5, 0.6) is 0 Å². The maximum atomic E-state index is 2.78. The van der Waals surface area contributed by atoms with Crippen LogP contribution in [0.3, 0.4) is 0 Å². The van der Waals surface area contributed by atoms with Gasteiger partial charge in [-0.25, -0.2) is 0 Å². The number of fused-ring (bicyclic) bond motifs is 13. The van der Waals surface area contributed by atoms with Gasteiger partial charge in [-0.2, -0.15) is 0 Å². The number of rotatable bonds is 9. The molecule has 6 heteroatoms. The largest absolute Gasteiger partial charge is 0.311 e. The Kier molecular flexibility index (Phi) is 18.3. The summed E-state index contributed by atoms with van der Waals surface area (Å²) < 4.78 is 7.75. The van der Waals surface area contributed by atoms with Crippen molar-refractivity contribution in [3.63, 3.8) is 0 Å². The van der Waals surface area contributed by atoms with Crippen LogP contribution >= 0.6 is 0 Å². The molecule has 0 radical (unpaired) electrons. The standard InChI is InChI=1S/C118H114BN5/c1-112(2,3)79-47-54-99-92(64-79)93-65-80(113(4,5)6)48-55-100(93)121(99)87-51-53-97-104(70-87)124(111-90(74-38-28-23-29-39-74)68-85(118(19,20)21)69-91(111)75-40-30-24-31-41-75)108-72-88(122-101-56-49-81(114(7,8)9)66-94(101)95-67-82(115(10,11)12)50-57-102(95)122)71-107-110(108)119(97)96-52-46-76(77-58-83(116(13,14)15)63-84(59-77)117(16,17)18)60-103(96)123(107)106-62-78(73-36-26-22-27-37-73)61-105-109(106)89-44-34-35-45-98(89)120(105)86-42-32-25-33-43-86/h22-72H,1-21H3. The van der Waals surface area contributed by atoms with E-state index in [1.165, 1.54) is 104 Å². The van der Waals surface area contributed by atoms with Gasteiger partial charge in [-0.1, -0.05) is 333 Å². The van der Waals surface area contributed by atoms with Gasteiger partial charge < -0.3 is 23.5 Å². The summed E-state index contributed by atoms with van der Waals surface area (Å²) in [5.41, 5.74) is 37.9. The number of benzene rings is 15. The molecule has 0 saturated heterocycles. The first-order valence-electron chi connectivity index (χ1n) is 44.8. The molecule has 0 spiro atoms. The first-order chi connectivity index (χ1) is 58.9. The quantitative estimate of drug-likeness (QED) is 0.134. The number of hydrogen-bond acceptors (Lipinski definition) is 2. The second-order valence-electron chi connectivity index (χ2n) is 42.8. The lowest BCUT2D eigenvalue weighted by Gasteiger charge is -2.46. The highest BCUT2D eigenvalue weighted by molar-refractivity contribution is 7.00. The zero-order chi connectivity index (χ0) is 86.5. The van der Waals surface area contributed by atoms with Crippen LogP contribution in [0.15, 0.2) is 309 Å². The molecule has 124 heavy (non-hydrogen) atoms. The highest BCUT2D eigenvalue weighted by Crippen LogP contribution is 2.56. The number of hydrogen-bond donors (Lipinski definition) is 0. The van der Waals surface area contributed by atoms with Crippen LogP contribution in [-0.4, -0.2) is 20.4 Å². The predicted octanol–water partition coefficient (Wildman–Crippen LogP) is 30.8. The Morgan fingerprint density at radius 1 is 0.202 bits per heavy atom. The van der Waals surface area contributed by atoms with Crippen molar-refractivity contribution in [1.29, 1.82) is 0 Å². The molecule has 614 valence electrons. The number of anilines is 6. The van der Waals surface area contributed by atoms with E-state index in [2.05, 4.69) is 478 Å². The molecule has 0 saturated carbocycles. The summed E-state index contributed by atoms with van der Waals surface area (Å²) in [6.45, 7) is 49.2. The van der Waals surface area contributed by atoms with Crippen molar-refractivity contribution in [3.8, 4) is 61.6 Å². The summed E-state index contributed by atoms with van der Waals surface area (Å²) in [6, 6.07) is 121. The van der Waals surface area contributed by atoms with Crippen LogP contribution in [0.1, 0.15) is 184 Å². The molecule has 0 fully saturated rings. The predicted molar refractivity (Wildman–Crippen MR) is 536 cm³/mol. The lowest BCUT2D eigenvalue weighted by molar-refractivity contribution is 0.569. The third kappa shape index (κ3) is 13.3. The van der Waals surface area contributed by atoms with Crippen molar-refractivity contribution in [1.82, 2.24) is 13.7 Å². The molecular weight excluding hydrogens is 1500 g/mol. The smallest absolute Gasteiger partial charge is 0.252 e. The van der Waals surface area contributed by atoms with E-state index in [9.17, 15) is 0 Å². The molecule has 0 amide bonds. The fourth-order valence-corrected chi connectivity index (χ4v) is 19.9. The lowest BCUT2D eigenvalue weighted by atomic mass is 9.33. The second kappa shape index (κ2) is 28.5. The molecule has 5 heterocycles. The van der Waals surface area contributed by atoms with Gasteiger partial charge in [-0.05, 0) is 248 Å². The molecular formula is C118H114BN5. The highest BCUT2D eigenvalue weighted by Gasteiger charge is 2.47. The Morgan fingerprint density at radius 2 is 0.556 bits per heavy atom. The van der Waals surface area contributed by atoms with Gasteiger partial charge in [0.2, 0.25) is 0 Å². The van der Waals surface area contributed by atoms with Gasteiger partial charge >= 0.3 is 0 Å². The van der Waals surface area contributed by atoms with E-state index in [1.54, 1.807) is 0 Å². The van der Waals surface area contributed by atoms with Gasteiger partial charge in [0.25, 0.3) is 6.71 Å². The Labute approximate surface area is 734 Å². The molecule has 0 N–H and O–H groups in total. The minimum Gasteiger partial charge on any atom is -0.311 e. The minimum atomic E-state index is -0.318. The maximum absolute atomic E-state index is 2.78. The van der Waals surface area contributed by atoms with Crippen molar-refractivity contribution in [2.24, 2.45) is 0 Å². The summed E-state index contributed by atoms with van der Waals surface area (Å²) in [6.07, 6.45) is 0. The van der Waals surface area contributed by atoms with E-state index >= 15 is 0 Å². The number of aromatic nitrogens is 3. The molecule has 0 bridgehead atoms. The summed E-state index contributed by atoms with van der Waals surface area (Å²) in [5.74, 6) is 0. The molecule has 0 unspecified atom stereocenters. The van der Waals surface area contributed by atoms with E-state index in [0.29, 0.717) is 0 Å². The lowest BCUT2D eigenvalue weighted by Crippen LogP contribution is -2.61. The number of nitrogens with zero attached hydrogens (tertiary/aromatic N) is 5. The fraction of sp³-hybridized carbons (Fsp3) is 0.237. The first-order valence-corrected chi connectivity index (χ1v) is 44.8. The molecule has 2 aliphatic rings. The Bertz CT molecular complexity index is 7130. The van der Waals surface area contributed by atoms with Gasteiger partial charge in [-0.15, -0.1) is 0 Å². The topological polar surface area (TPSA) is 21.3 Å². The summed E-state index contributed by atoms with van der Waals surface area (Å²) in [4.78, 5) is 5.55.